The zero-order chi connectivity index (χ0) is 21.0. The maximum atomic E-state index is 12.7. The van der Waals surface area contributed by atoms with Crippen molar-refractivity contribution in [1.82, 2.24) is 0 Å². The van der Waals surface area contributed by atoms with Crippen LogP contribution in [0.15, 0.2) is 76.1 Å². The lowest BCUT2D eigenvalue weighted by Gasteiger charge is -2.15. The highest BCUT2D eigenvalue weighted by Crippen LogP contribution is 2.28. The molecule has 0 heterocycles. The molecule has 0 spiro atoms. The number of carbonyl (C=O) groups excluding carboxylic acids is 1. The van der Waals surface area contributed by atoms with E-state index < -0.39 is 16.1 Å². The first-order valence-electron chi connectivity index (χ1n) is 8.26. The third-order valence-corrected chi connectivity index (χ3v) is 6.22. The average molecular weight is 496 g/mol. The number of nitrogens with one attached hydrogen (secondary N) is 3. The summed E-state index contributed by atoms with van der Waals surface area (Å²) in [6.07, 6.45) is 0. The van der Waals surface area contributed by atoms with Gasteiger partial charge in [0.1, 0.15) is 0 Å². The number of nitrogens with two attached hydrogens (primary N) is 1. The van der Waals surface area contributed by atoms with Crippen LogP contribution in [0.25, 0.3) is 0 Å². The summed E-state index contributed by atoms with van der Waals surface area (Å²) in [5, 5.41) is 5.58. The number of hydrogen-bond acceptors (Lipinski definition) is 4. The van der Waals surface area contributed by atoms with Gasteiger partial charge in [0.15, 0.2) is 0 Å². The zero-order valence-electron chi connectivity index (χ0n) is 14.8. The summed E-state index contributed by atoms with van der Waals surface area (Å²) in [6, 6.07) is 17.0. The fourth-order valence-corrected chi connectivity index (χ4v) is 4.03. The number of halogens is 2. The molecule has 0 aromatic heterocycles. The number of nitrogen functional groups attached to an aromatic ring is 1. The van der Waals surface area contributed by atoms with E-state index in [4.69, 9.17) is 17.3 Å². The Balaban J connectivity index is 1.80. The van der Waals surface area contributed by atoms with Crippen LogP contribution in [0.4, 0.5) is 27.5 Å². The summed E-state index contributed by atoms with van der Waals surface area (Å²) >= 11 is 9.20. The van der Waals surface area contributed by atoms with Crippen molar-refractivity contribution >= 4 is 66.3 Å². The lowest BCUT2D eigenvalue weighted by molar-refractivity contribution is 0.262. The van der Waals surface area contributed by atoms with Gasteiger partial charge in [0.25, 0.3) is 10.0 Å². The van der Waals surface area contributed by atoms with Crippen molar-refractivity contribution in [3.8, 4) is 0 Å². The lowest BCUT2D eigenvalue weighted by atomic mass is 10.3. The van der Waals surface area contributed by atoms with E-state index in [1.807, 2.05) is 6.07 Å². The predicted octanol–water partition coefficient (Wildman–Crippen LogP) is 5.13. The molecular formula is C19H16BrClN4O3S. The van der Waals surface area contributed by atoms with Gasteiger partial charge >= 0.3 is 6.03 Å². The van der Waals surface area contributed by atoms with E-state index in [2.05, 4.69) is 31.3 Å². The van der Waals surface area contributed by atoms with Gasteiger partial charge in [-0.15, -0.1) is 0 Å². The third kappa shape index (κ3) is 5.20. The molecule has 0 unspecified atom stereocenters. The van der Waals surface area contributed by atoms with Crippen molar-refractivity contribution in [2.45, 2.75) is 4.90 Å². The Labute approximate surface area is 181 Å². The normalized spacial score (nSPS) is 11.0. The molecule has 0 atom stereocenters. The number of amides is 2. The number of benzene rings is 3. The molecule has 0 aliphatic carbocycles. The highest BCUT2D eigenvalue weighted by Gasteiger charge is 2.18. The van der Waals surface area contributed by atoms with Crippen LogP contribution >= 0.6 is 27.5 Å². The summed E-state index contributed by atoms with van der Waals surface area (Å²) < 4.78 is 28.6. The van der Waals surface area contributed by atoms with Crippen LogP contribution in [0.1, 0.15) is 0 Å². The van der Waals surface area contributed by atoms with Crippen molar-refractivity contribution in [2.24, 2.45) is 0 Å². The fourth-order valence-electron chi connectivity index (χ4n) is 2.41. The Kier molecular flexibility index (Phi) is 6.31. The molecule has 0 fully saturated rings. The molecule has 3 aromatic carbocycles. The van der Waals surface area contributed by atoms with Crippen LogP contribution in [0.2, 0.25) is 5.02 Å². The Bertz CT molecular complexity index is 1170. The number of hydrogen-bond donors (Lipinski definition) is 4. The summed E-state index contributed by atoms with van der Waals surface area (Å²) in [4.78, 5) is 12.3. The first kappa shape index (κ1) is 21.0. The van der Waals surface area contributed by atoms with Gasteiger partial charge in [-0.05, 0) is 58.4 Å². The second-order valence-corrected chi connectivity index (χ2v) is 8.84. The molecular weight excluding hydrogens is 480 g/mol. The first-order chi connectivity index (χ1) is 13.8. The molecule has 5 N–H and O–H groups in total. The van der Waals surface area contributed by atoms with Gasteiger partial charge in [-0.2, -0.15) is 0 Å². The number of anilines is 4. The van der Waals surface area contributed by atoms with Crippen molar-refractivity contribution < 1.29 is 13.2 Å². The Morgan fingerprint density at radius 1 is 0.897 bits per heavy atom. The van der Waals surface area contributed by atoms with Crippen LogP contribution in [-0.4, -0.2) is 14.4 Å². The highest BCUT2D eigenvalue weighted by molar-refractivity contribution is 9.10. The van der Waals surface area contributed by atoms with E-state index in [0.29, 0.717) is 10.2 Å². The van der Waals surface area contributed by atoms with Gasteiger partial charge in [0.05, 0.1) is 32.7 Å². The molecule has 0 aliphatic heterocycles. The quantitative estimate of drug-likeness (QED) is 0.367. The first-order valence-corrected chi connectivity index (χ1v) is 10.9. The molecule has 2 amide bonds. The molecule has 3 rings (SSSR count). The second-order valence-electron chi connectivity index (χ2n) is 5.89. The Hall–Kier alpha value is -2.75. The highest BCUT2D eigenvalue weighted by atomic mass is 79.9. The fraction of sp³-hybridized carbons (Fsp3) is 0. The van der Waals surface area contributed by atoms with Crippen LogP contribution in [0, 0.1) is 0 Å². The summed E-state index contributed by atoms with van der Waals surface area (Å²) in [5.74, 6) is 0. The molecule has 7 nitrogen and oxygen atoms in total. The van der Waals surface area contributed by atoms with Gasteiger partial charge in [0, 0.05) is 4.47 Å². The van der Waals surface area contributed by atoms with Crippen molar-refractivity contribution in [3.63, 3.8) is 0 Å². The van der Waals surface area contributed by atoms with Gasteiger partial charge in [-0.1, -0.05) is 35.9 Å². The van der Waals surface area contributed by atoms with Crippen LogP contribution in [0.3, 0.4) is 0 Å². The van der Waals surface area contributed by atoms with Crippen LogP contribution < -0.4 is 21.1 Å². The molecule has 29 heavy (non-hydrogen) atoms. The van der Waals surface area contributed by atoms with E-state index in [0.717, 1.165) is 0 Å². The van der Waals surface area contributed by atoms with E-state index in [9.17, 15) is 13.2 Å². The lowest BCUT2D eigenvalue weighted by Crippen LogP contribution is -2.21. The number of sulfonamides is 1. The largest absolute Gasteiger partial charge is 0.397 e. The average Bonchev–Trinajstić information content (AvgIpc) is 2.67. The SMILES string of the molecule is Nc1cc(S(=O)(=O)Nc2ccccc2NC(=O)Nc2ccccc2Br)ccc1Cl. The molecule has 10 heteroatoms. The maximum absolute atomic E-state index is 12.7. The Morgan fingerprint density at radius 2 is 1.48 bits per heavy atom. The van der Waals surface area contributed by atoms with E-state index in [1.54, 1.807) is 36.4 Å². The second kappa shape index (κ2) is 8.73. The van der Waals surface area contributed by atoms with Gasteiger partial charge in [-0.25, -0.2) is 13.2 Å². The van der Waals surface area contributed by atoms with E-state index in [1.165, 1.54) is 24.3 Å². The number of urea groups is 1. The molecule has 0 saturated carbocycles. The van der Waals surface area contributed by atoms with Crippen molar-refractivity contribution in [3.05, 3.63) is 76.2 Å². The van der Waals surface area contributed by atoms with Crippen molar-refractivity contribution in [2.75, 3.05) is 21.1 Å². The third-order valence-electron chi connectivity index (χ3n) is 3.82. The minimum atomic E-state index is -3.94. The molecule has 3 aromatic rings. The Morgan fingerprint density at radius 3 is 2.14 bits per heavy atom. The maximum Gasteiger partial charge on any atom is 0.323 e. The van der Waals surface area contributed by atoms with Gasteiger partial charge in [-0.3, -0.25) is 4.72 Å². The molecule has 150 valence electrons. The molecule has 0 radical (unpaired) electrons. The number of rotatable bonds is 5. The molecule has 0 aliphatic rings. The standard InChI is InChI=1S/C19H16BrClN4O3S/c20-13-5-1-2-6-16(13)23-19(26)24-17-7-3-4-8-18(17)25-29(27,28)12-9-10-14(21)15(22)11-12/h1-11,25H,22H2,(H2,23,24,26). The molecule has 0 bridgehead atoms. The van der Waals surface area contributed by atoms with Crippen LogP contribution in [0.5, 0.6) is 0 Å². The van der Waals surface area contributed by atoms with Gasteiger partial charge in [0.2, 0.25) is 0 Å². The number of carbonyl (C=O) groups is 1. The summed E-state index contributed by atoms with van der Waals surface area (Å²) in [5.41, 5.74) is 6.89. The topological polar surface area (TPSA) is 113 Å². The smallest absolute Gasteiger partial charge is 0.323 e. The zero-order valence-corrected chi connectivity index (χ0v) is 18.0. The predicted molar refractivity (Wildman–Crippen MR) is 120 cm³/mol. The monoisotopic (exact) mass is 494 g/mol. The summed E-state index contributed by atoms with van der Waals surface area (Å²) in [6.45, 7) is 0. The minimum absolute atomic E-state index is 0.0492. The van der Waals surface area contributed by atoms with Crippen LogP contribution in [-0.2, 0) is 10.0 Å². The van der Waals surface area contributed by atoms with Crippen molar-refractivity contribution in [1.29, 1.82) is 0 Å². The van der Waals surface area contributed by atoms with E-state index >= 15 is 0 Å². The summed E-state index contributed by atoms with van der Waals surface area (Å²) in [7, 11) is -3.94. The minimum Gasteiger partial charge on any atom is -0.397 e. The number of para-hydroxylation sites is 3. The van der Waals surface area contributed by atoms with E-state index in [-0.39, 0.29) is 27.0 Å². The molecule has 0 saturated heterocycles. The van der Waals surface area contributed by atoms with Gasteiger partial charge < -0.3 is 16.4 Å².